The van der Waals surface area contributed by atoms with Crippen molar-refractivity contribution < 1.29 is 19.2 Å². The van der Waals surface area contributed by atoms with E-state index >= 15 is 0 Å². The van der Waals surface area contributed by atoms with Crippen LogP contribution in [0.15, 0.2) is 0 Å². The molecule has 4 rings (SSSR count). The number of nitrogens with zero attached hydrogens (tertiary/aromatic N) is 4. The molecule has 0 atom stereocenters. The number of carbonyl (C=O) groups excluding carboxylic acids is 4. The lowest BCUT2D eigenvalue weighted by Crippen LogP contribution is -2.68. The van der Waals surface area contributed by atoms with Gasteiger partial charge in [-0.1, -0.05) is 38.5 Å². The minimum Gasteiger partial charge on any atom is -0.334 e. The molecule has 4 fully saturated rings. The van der Waals surface area contributed by atoms with Crippen LogP contribution in [0.2, 0.25) is 0 Å². The molecule has 2 saturated carbocycles. The second-order valence-electron chi connectivity index (χ2n) is 10.4. The van der Waals surface area contributed by atoms with E-state index in [0.717, 1.165) is 64.2 Å². The van der Waals surface area contributed by atoms with Crippen LogP contribution in [0, 0.1) is 0 Å². The second kappa shape index (κ2) is 9.02. The van der Waals surface area contributed by atoms with Crippen molar-refractivity contribution >= 4 is 23.6 Å². The summed E-state index contributed by atoms with van der Waals surface area (Å²) >= 11 is 0. The third-order valence-electron chi connectivity index (χ3n) is 8.39. The zero-order chi connectivity index (χ0) is 22.9. The van der Waals surface area contributed by atoms with Crippen LogP contribution in [0.5, 0.6) is 0 Å². The van der Waals surface area contributed by atoms with Crippen LogP contribution in [0.1, 0.15) is 78.1 Å². The van der Waals surface area contributed by atoms with Gasteiger partial charge in [0.15, 0.2) is 0 Å². The SMILES string of the molecule is CC(=O)N1CCN(C(=O)C(=O)N2CCN(C(C)=O)C3(CCCCC3)C2)CC12CCCCC2. The maximum Gasteiger partial charge on any atom is 0.312 e. The first-order valence-corrected chi connectivity index (χ1v) is 12.4. The maximum atomic E-state index is 13.3. The number of rotatable bonds is 0. The molecule has 2 aliphatic heterocycles. The van der Waals surface area contributed by atoms with Crippen molar-refractivity contribution in [3.8, 4) is 0 Å². The van der Waals surface area contributed by atoms with E-state index < -0.39 is 11.8 Å². The quantitative estimate of drug-likeness (QED) is 0.531. The summed E-state index contributed by atoms with van der Waals surface area (Å²) in [5, 5.41) is 0. The predicted molar refractivity (Wildman–Crippen MR) is 120 cm³/mol. The van der Waals surface area contributed by atoms with E-state index in [1.165, 1.54) is 0 Å². The smallest absolute Gasteiger partial charge is 0.312 e. The minimum atomic E-state index is -0.444. The highest BCUT2D eigenvalue weighted by Gasteiger charge is 2.48. The monoisotopic (exact) mass is 446 g/mol. The lowest BCUT2D eigenvalue weighted by molar-refractivity contribution is -0.163. The largest absolute Gasteiger partial charge is 0.334 e. The predicted octanol–water partition coefficient (Wildman–Crippen LogP) is 1.77. The number of hydrogen-bond donors (Lipinski definition) is 0. The summed E-state index contributed by atoms with van der Waals surface area (Å²) in [7, 11) is 0. The molecular weight excluding hydrogens is 408 g/mol. The van der Waals surface area contributed by atoms with Gasteiger partial charge in [0.1, 0.15) is 0 Å². The summed E-state index contributed by atoms with van der Waals surface area (Å²) in [5.41, 5.74) is -0.646. The Bertz CT molecular complexity index is 706. The second-order valence-corrected chi connectivity index (χ2v) is 10.4. The van der Waals surface area contributed by atoms with E-state index in [1.807, 2.05) is 9.80 Å². The zero-order valence-corrected chi connectivity index (χ0v) is 19.7. The first-order valence-electron chi connectivity index (χ1n) is 12.4. The number of hydrogen-bond acceptors (Lipinski definition) is 4. The van der Waals surface area contributed by atoms with Crippen molar-refractivity contribution in [3.63, 3.8) is 0 Å². The van der Waals surface area contributed by atoms with E-state index in [0.29, 0.717) is 39.3 Å². The molecule has 0 aromatic carbocycles. The zero-order valence-electron chi connectivity index (χ0n) is 19.7. The summed E-state index contributed by atoms with van der Waals surface area (Å²) in [6.07, 6.45) is 10.1. The molecule has 0 aromatic heterocycles. The minimum absolute atomic E-state index is 0.0601. The molecule has 0 bridgehead atoms. The molecule has 0 radical (unpaired) electrons. The first kappa shape index (κ1) is 23.1. The molecule has 2 aliphatic carbocycles. The third-order valence-corrected chi connectivity index (χ3v) is 8.39. The first-order chi connectivity index (χ1) is 15.3. The number of carbonyl (C=O) groups is 4. The molecule has 4 amide bonds. The van der Waals surface area contributed by atoms with Gasteiger partial charge < -0.3 is 19.6 Å². The van der Waals surface area contributed by atoms with Gasteiger partial charge in [-0.25, -0.2) is 0 Å². The average Bonchev–Trinajstić information content (AvgIpc) is 2.78. The van der Waals surface area contributed by atoms with Crippen molar-refractivity contribution in [1.29, 1.82) is 0 Å². The third kappa shape index (κ3) is 4.13. The molecule has 32 heavy (non-hydrogen) atoms. The van der Waals surface area contributed by atoms with Gasteiger partial charge in [-0.05, 0) is 25.7 Å². The lowest BCUT2D eigenvalue weighted by Gasteiger charge is -2.54. The van der Waals surface area contributed by atoms with E-state index in [-0.39, 0.29) is 22.9 Å². The lowest BCUT2D eigenvalue weighted by atomic mass is 9.78. The topological polar surface area (TPSA) is 81.2 Å². The Labute approximate surface area is 191 Å². The normalized spacial score (nSPS) is 25.2. The van der Waals surface area contributed by atoms with Gasteiger partial charge in [-0.15, -0.1) is 0 Å². The Kier molecular flexibility index (Phi) is 6.50. The fourth-order valence-electron chi connectivity index (χ4n) is 6.83. The molecule has 178 valence electrons. The summed E-state index contributed by atoms with van der Waals surface area (Å²) in [6.45, 7) is 5.93. The molecule has 8 nitrogen and oxygen atoms in total. The molecule has 0 unspecified atom stereocenters. The fourth-order valence-corrected chi connectivity index (χ4v) is 6.83. The average molecular weight is 447 g/mol. The van der Waals surface area contributed by atoms with Gasteiger partial charge in [0.2, 0.25) is 11.8 Å². The number of piperazine rings is 2. The van der Waals surface area contributed by atoms with Crippen LogP contribution in [-0.2, 0) is 19.2 Å². The van der Waals surface area contributed by atoms with Gasteiger partial charge >= 0.3 is 11.8 Å². The molecule has 0 aromatic rings. The highest BCUT2D eigenvalue weighted by Crippen LogP contribution is 2.38. The van der Waals surface area contributed by atoms with Gasteiger partial charge in [0.05, 0.1) is 11.1 Å². The Morgan fingerprint density at radius 2 is 0.875 bits per heavy atom. The highest BCUT2D eigenvalue weighted by atomic mass is 16.2. The molecule has 2 saturated heterocycles. The van der Waals surface area contributed by atoms with Crippen LogP contribution in [0.4, 0.5) is 0 Å². The van der Waals surface area contributed by atoms with Crippen molar-refractivity contribution in [2.24, 2.45) is 0 Å². The maximum absolute atomic E-state index is 13.3. The van der Waals surface area contributed by atoms with Crippen molar-refractivity contribution in [1.82, 2.24) is 19.6 Å². The fraction of sp³-hybridized carbons (Fsp3) is 0.833. The molecule has 2 heterocycles. The Balaban J connectivity index is 1.48. The van der Waals surface area contributed by atoms with Gasteiger partial charge in [0.25, 0.3) is 0 Å². The Hall–Kier alpha value is -2.12. The molecule has 8 heteroatoms. The van der Waals surface area contributed by atoms with Gasteiger partial charge in [0, 0.05) is 53.1 Å². The Morgan fingerprint density at radius 1 is 0.531 bits per heavy atom. The van der Waals surface area contributed by atoms with Crippen molar-refractivity contribution in [2.45, 2.75) is 89.1 Å². The van der Waals surface area contributed by atoms with Crippen molar-refractivity contribution in [3.05, 3.63) is 0 Å². The number of amides is 4. The van der Waals surface area contributed by atoms with Gasteiger partial charge in [-0.3, -0.25) is 19.2 Å². The summed E-state index contributed by atoms with van der Waals surface area (Å²) in [6, 6.07) is 0. The summed E-state index contributed by atoms with van der Waals surface area (Å²) in [5.74, 6) is -0.768. The van der Waals surface area contributed by atoms with E-state index in [1.54, 1.807) is 23.6 Å². The summed E-state index contributed by atoms with van der Waals surface area (Å²) < 4.78 is 0. The molecule has 4 aliphatic rings. The highest BCUT2D eigenvalue weighted by molar-refractivity contribution is 6.35. The van der Waals surface area contributed by atoms with Crippen molar-refractivity contribution in [2.75, 3.05) is 39.3 Å². The van der Waals surface area contributed by atoms with Crippen LogP contribution in [0.3, 0.4) is 0 Å². The van der Waals surface area contributed by atoms with E-state index in [9.17, 15) is 19.2 Å². The van der Waals surface area contributed by atoms with Crippen LogP contribution in [-0.4, -0.2) is 93.6 Å². The molecule has 0 N–H and O–H groups in total. The molecular formula is C24H38N4O4. The van der Waals surface area contributed by atoms with Gasteiger partial charge in [-0.2, -0.15) is 0 Å². The standard InChI is InChI=1S/C24H38N4O4/c1-19(29)27-15-13-25(17-23(27)9-5-3-6-10-23)21(31)22(32)26-14-16-28(20(2)30)24(18-26)11-7-4-8-12-24/h3-18H2,1-2H3. The van der Waals surface area contributed by atoms with Crippen LogP contribution >= 0.6 is 0 Å². The Morgan fingerprint density at radius 3 is 1.19 bits per heavy atom. The van der Waals surface area contributed by atoms with Crippen LogP contribution < -0.4 is 0 Å². The van der Waals surface area contributed by atoms with E-state index in [4.69, 9.17) is 0 Å². The summed E-state index contributed by atoms with van der Waals surface area (Å²) in [4.78, 5) is 58.6. The van der Waals surface area contributed by atoms with E-state index in [2.05, 4.69) is 0 Å². The van der Waals surface area contributed by atoms with Crippen LogP contribution in [0.25, 0.3) is 0 Å². The molecule has 2 spiro atoms.